The lowest BCUT2D eigenvalue weighted by Gasteiger charge is -2.35. The summed E-state index contributed by atoms with van der Waals surface area (Å²) in [4.78, 5) is 0. The molecule has 0 saturated carbocycles. The highest BCUT2D eigenvalue weighted by atomic mass is 16.5. The number of ether oxygens (including phenoxy) is 1. The quantitative estimate of drug-likeness (QED) is 0.512. The van der Waals surface area contributed by atoms with Gasteiger partial charge in [-0.25, -0.2) is 0 Å². The average Bonchev–Trinajstić information content (AvgIpc) is 2.43. The molecule has 0 spiro atoms. The molecule has 0 aromatic heterocycles. The molecule has 2 aromatic carbocycles. The molecule has 1 aliphatic rings. The number of hydrogen-bond acceptors (Lipinski definition) is 4. The molecule has 19 heavy (non-hydrogen) atoms. The van der Waals surface area contributed by atoms with E-state index in [0.717, 1.165) is 0 Å². The maximum Gasteiger partial charge on any atom is 0.240 e. The first-order chi connectivity index (χ1) is 9.15. The molecule has 0 aliphatic carbocycles. The Morgan fingerprint density at radius 2 is 1.53 bits per heavy atom. The summed E-state index contributed by atoms with van der Waals surface area (Å²) < 4.78 is 5.14. The Labute approximate surface area is 109 Å². The van der Waals surface area contributed by atoms with Gasteiger partial charge in [0.25, 0.3) is 0 Å². The molecule has 2 unspecified atom stereocenters. The van der Waals surface area contributed by atoms with Crippen molar-refractivity contribution in [1.82, 2.24) is 0 Å². The maximum atomic E-state index is 12.4. The van der Waals surface area contributed by atoms with E-state index in [1.807, 2.05) is 0 Å². The highest BCUT2D eigenvalue weighted by Gasteiger charge is 2.35. The molecule has 2 aromatic rings. The lowest BCUT2D eigenvalue weighted by molar-refractivity contribution is -0.762. The van der Waals surface area contributed by atoms with Crippen molar-refractivity contribution in [1.29, 1.82) is 0 Å². The number of nitrogens with one attached hydrogen (secondary N) is 2. The number of phenols is 1. The molecule has 0 bridgehead atoms. The van der Waals surface area contributed by atoms with Gasteiger partial charge in [0.1, 0.15) is 0 Å². The van der Waals surface area contributed by atoms with Crippen molar-refractivity contribution in [2.75, 3.05) is 7.11 Å². The van der Waals surface area contributed by atoms with E-state index in [1.165, 1.54) is 19.2 Å². The summed E-state index contributed by atoms with van der Waals surface area (Å²) in [6, 6.07) is 9.32. The van der Waals surface area contributed by atoms with E-state index in [-0.39, 0.29) is 38.6 Å². The summed E-state index contributed by atoms with van der Waals surface area (Å²) >= 11 is 0. The van der Waals surface area contributed by atoms with E-state index in [4.69, 9.17) is 4.74 Å². The third kappa shape index (κ3) is 1.59. The van der Waals surface area contributed by atoms with Gasteiger partial charge in [-0.15, -0.1) is 0 Å². The van der Waals surface area contributed by atoms with Gasteiger partial charge in [0.05, 0.1) is 7.11 Å². The number of methoxy groups -OCH3 is 1. The lowest BCUT2D eigenvalue weighted by atomic mass is 10.1. The van der Waals surface area contributed by atoms with E-state index in [2.05, 4.69) is 0 Å². The minimum Gasteiger partial charge on any atom is -0.623 e. The van der Waals surface area contributed by atoms with Gasteiger partial charge in [0.2, 0.25) is 22.7 Å². The Bertz CT molecular complexity index is 645. The van der Waals surface area contributed by atoms with Gasteiger partial charge in [-0.05, 0) is 12.1 Å². The fraction of sp³-hybridized carbons (Fsp3) is 0.0769. The van der Waals surface area contributed by atoms with E-state index in [9.17, 15) is 15.5 Å². The summed E-state index contributed by atoms with van der Waals surface area (Å²) in [5.74, 6) is 0.189. The SMILES string of the molecule is COc1cccc2c1[NH+]([O-])c1cccc(O)c1[NH+]2[O-]. The van der Waals surface area contributed by atoms with E-state index < -0.39 is 0 Å². The van der Waals surface area contributed by atoms with Crippen LogP contribution in [-0.2, 0) is 0 Å². The first-order valence-corrected chi connectivity index (χ1v) is 5.73. The summed E-state index contributed by atoms with van der Waals surface area (Å²) in [5, 5.41) is 33.9. The Morgan fingerprint density at radius 1 is 0.947 bits per heavy atom. The molecular formula is C13H12N2O4. The topological polar surface area (TPSA) is 84.5 Å². The number of fused-ring (bicyclic) bond motifs is 2. The number of phenolic OH excluding ortho intramolecular Hbond substituents is 1. The van der Waals surface area contributed by atoms with Gasteiger partial charge in [0.15, 0.2) is 11.5 Å². The molecule has 6 heteroatoms. The van der Waals surface area contributed by atoms with Crippen LogP contribution >= 0.6 is 0 Å². The standard InChI is InChI=1S/C13H12N2O4/c1-19-11-7-3-5-9-13(11)15(18)8-4-2-6-10(16)12(8)14(9)17/h2-7,14-16H,1H3. The van der Waals surface area contributed by atoms with Crippen LogP contribution in [0.15, 0.2) is 36.4 Å². The van der Waals surface area contributed by atoms with Crippen molar-refractivity contribution < 1.29 is 20.0 Å². The zero-order chi connectivity index (χ0) is 13.6. The number of hydrogen-bond donors (Lipinski definition) is 3. The van der Waals surface area contributed by atoms with Gasteiger partial charge >= 0.3 is 0 Å². The molecule has 98 valence electrons. The normalized spacial score (nSPS) is 20.6. The van der Waals surface area contributed by atoms with Crippen molar-refractivity contribution in [3.05, 3.63) is 46.8 Å². The second-order valence-electron chi connectivity index (χ2n) is 4.24. The van der Waals surface area contributed by atoms with Crippen molar-refractivity contribution in [3.8, 4) is 11.5 Å². The Hall–Kier alpha value is -2.12. The Kier molecular flexibility index (Phi) is 2.65. The number of rotatable bonds is 1. The van der Waals surface area contributed by atoms with Crippen LogP contribution in [0.4, 0.5) is 22.7 Å². The van der Waals surface area contributed by atoms with Crippen LogP contribution < -0.4 is 14.9 Å². The molecule has 3 N–H and O–H groups in total. The van der Waals surface area contributed by atoms with Crippen LogP contribution in [0.25, 0.3) is 0 Å². The smallest absolute Gasteiger partial charge is 0.240 e. The zero-order valence-corrected chi connectivity index (χ0v) is 10.1. The van der Waals surface area contributed by atoms with Crippen LogP contribution in [0, 0.1) is 10.4 Å². The first kappa shape index (κ1) is 11.9. The minimum atomic E-state index is -0.360. The minimum absolute atomic E-state index is 0.0632. The van der Waals surface area contributed by atoms with Crippen molar-refractivity contribution in [2.24, 2.45) is 0 Å². The highest BCUT2D eigenvalue weighted by Crippen LogP contribution is 2.36. The van der Waals surface area contributed by atoms with Gasteiger partial charge in [-0.3, -0.25) is 10.1 Å². The summed E-state index contributed by atoms with van der Waals surface area (Å²) in [7, 11) is 1.45. The Balaban J connectivity index is 2.29. The second kappa shape index (κ2) is 4.22. The van der Waals surface area contributed by atoms with Gasteiger partial charge in [-0.1, -0.05) is 12.1 Å². The summed E-state index contributed by atoms with van der Waals surface area (Å²) in [6.45, 7) is 0. The van der Waals surface area contributed by atoms with Crippen molar-refractivity contribution in [2.45, 2.75) is 0 Å². The average molecular weight is 260 g/mol. The molecule has 3 rings (SSSR count). The molecular weight excluding hydrogens is 248 g/mol. The second-order valence-corrected chi connectivity index (χ2v) is 4.24. The third-order valence-corrected chi connectivity index (χ3v) is 3.23. The maximum absolute atomic E-state index is 12.4. The number of aromatic hydroxyl groups is 1. The predicted octanol–water partition coefficient (Wildman–Crippen LogP) is 0.406. The van der Waals surface area contributed by atoms with Gasteiger partial charge in [-0.2, -0.15) is 0 Å². The summed E-state index contributed by atoms with van der Waals surface area (Å²) in [6.07, 6.45) is 0. The fourth-order valence-electron chi connectivity index (χ4n) is 2.36. The number of quaternary nitrogens is 2. The first-order valence-electron chi connectivity index (χ1n) is 5.73. The molecule has 0 fully saturated rings. The van der Waals surface area contributed by atoms with E-state index in [1.54, 1.807) is 24.3 Å². The van der Waals surface area contributed by atoms with Crippen molar-refractivity contribution in [3.63, 3.8) is 0 Å². The molecule has 2 atom stereocenters. The number of para-hydroxylation sites is 2. The molecule has 0 amide bonds. The van der Waals surface area contributed by atoms with Crippen molar-refractivity contribution >= 4 is 22.7 Å². The number of benzene rings is 2. The molecule has 0 radical (unpaired) electrons. The van der Waals surface area contributed by atoms with Gasteiger partial charge in [0, 0.05) is 12.1 Å². The molecule has 1 heterocycles. The third-order valence-electron chi connectivity index (χ3n) is 3.23. The van der Waals surface area contributed by atoms with Crippen LogP contribution in [0.3, 0.4) is 0 Å². The largest absolute Gasteiger partial charge is 0.623 e. The Morgan fingerprint density at radius 3 is 2.21 bits per heavy atom. The van der Waals surface area contributed by atoms with Crippen LogP contribution in [0.1, 0.15) is 0 Å². The fourth-order valence-corrected chi connectivity index (χ4v) is 2.36. The zero-order valence-electron chi connectivity index (χ0n) is 10.1. The van der Waals surface area contributed by atoms with Gasteiger partial charge < -0.3 is 20.3 Å². The predicted molar refractivity (Wildman–Crippen MR) is 68.4 cm³/mol. The van der Waals surface area contributed by atoms with E-state index in [0.29, 0.717) is 5.75 Å². The molecule has 1 aliphatic heterocycles. The summed E-state index contributed by atoms with van der Waals surface area (Å²) in [5.41, 5.74) is 0.793. The molecule has 0 saturated heterocycles. The van der Waals surface area contributed by atoms with Crippen LogP contribution in [0.5, 0.6) is 11.5 Å². The lowest BCUT2D eigenvalue weighted by Crippen LogP contribution is -3.07. The van der Waals surface area contributed by atoms with E-state index >= 15 is 0 Å². The highest BCUT2D eigenvalue weighted by molar-refractivity contribution is 5.72. The molecule has 6 nitrogen and oxygen atoms in total. The monoisotopic (exact) mass is 260 g/mol. The van der Waals surface area contributed by atoms with Crippen LogP contribution in [0.2, 0.25) is 0 Å². The van der Waals surface area contributed by atoms with Crippen LogP contribution in [-0.4, -0.2) is 12.2 Å².